The van der Waals surface area contributed by atoms with Gasteiger partial charge >= 0.3 is 12.2 Å². The van der Waals surface area contributed by atoms with Gasteiger partial charge in [-0.15, -0.1) is 0 Å². The molecule has 0 radical (unpaired) electrons. The molecule has 1 unspecified atom stereocenters. The second kappa shape index (κ2) is 10.8. The van der Waals surface area contributed by atoms with Crippen LogP contribution in [0.2, 0.25) is 0 Å². The number of alkyl halides is 3. The van der Waals surface area contributed by atoms with E-state index < -0.39 is 11.7 Å². The van der Waals surface area contributed by atoms with Gasteiger partial charge in [0.15, 0.2) is 0 Å². The summed E-state index contributed by atoms with van der Waals surface area (Å²) in [7, 11) is 0. The maximum atomic E-state index is 13.3. The van der Waals surface area contributed by atoms with Gasteiger partial charge in [0.05, 0.1) is 23.6 Å². The van der Waals surface area contributed by atoms with E-state index in [4.69, 9.17) is 0 Å². The number of amides is 2. The summed E-state index contributed by atoms with van der Waals surface area (Å²) in [5, 5.41) is 3.00. The first kappa shape index (κ1) is 26.1. The van der Waals surface area contributed by atoms with Crippen molar-refractivity contribution >= 4 is 11.7 Å². The molecular weight excluding hydrogens is 515 g/mol. The molecule has 1 fully saturated rings. The number of carbonyl (C=O) groups excluding carboxylic acids is 1. The van der Waals surface area contributed by atoms with Crippen molar-refractivity contribution in [1.82, 2.24) is 19.8 Å². The number of anilines is 1. The fourth-order valence-electron chi connectivity index (χ4n) is 5.88. The zero-order chi connectivity index (χ0) is 27.7. The fourth-order valence-corrected chi connectivity index (χ4v) is 5.88. The second-order valence-electron chi connectivity index (χ2n) is 10.4. The topological polar surface area (TPSA) is 64.3 Å². The van der Waals surface area contributed by atoms with Crippen molar-refractivity contribution in [2.24, 2.45) is 0 Å². The van der Waals surface area contributed by atoms with Gasteiger partial charge in [0.2, 0.25) is 0 Å². The Kier molecular flexibility index (Phi) is 7.06. The lowest BCUT2D eigenvalue weighted by molar-refractivity contribution is -0.137. The van der Waals surface area contributed by atoms with Crippen molar-refractivity contribution in [2.75, 3.05) is 18.4 Å². The summed E-state index contributed by atoms with van der Waals surface area (Å²) in [5.41, 5.74) is 4.91. The van der Waals surface area contributed by atoms with E-state index in [1.807, 2.05) is 59.5 Å². The summed E-state index contributed by atoms with van der Waals surface area (Å²) < 4.78 is 40.0. The zero-order valence-electron chi connectivity index (χ0n) is 21.9. The number of para-hydroxylation sites is 1. The highest BCUT2D eigenvalue weighted by molar-refractivity contribution is 5.92. The predicted molar refractivity (Wildman–Crippen MR) is 147 cm³/mol. The van der Waals surface area contributed by atoms with Crippen molar-refractivity contribution < 1.29 is 18.0 Å². The van der Waals surface area contributed by atoms with E-state index in [1.165, 1.54) is 0 Å². The number of nitrogens with one attached hydrogen (secondary N) is 2. The van der Waals surface area contributed by atoms with Crippen LogP contribution in [-0.4, -0.2) is 44.9 Å². The minimum absolute atomic E-state index is 0.0702. The van der Waals surface area contributed by atoms with Gasteiger partial charge in [0.1, 0.15) is 0 Å². The molecule has 0 aliphatic carbocycles. The Morgan fingerprint density at radius 3 is 2.35 bits per heavy atom. The maximum absolute atomic E-state index is 13.3. The van der Waals surface area contributed by atoms with Crippen molar-refractivity contribution in [3.8, 4) is 0 Å². The molecule has 2 aliphatic heterocycles. The van der Waals surface area contributed by atoms with Crippen LogP contribution in [0.25, 0.3) is 0 Å². The number of hydrogen-bond acceptors (Lipinski definition) is 3. The number of rotatable bonds is 6. The number of fused-ring (bicyclic) bond motifs is 1. The number of aromatic amines is 1. The first-order valence-corrected chi connectivity index (χ1v) is 13.5. The lowest BCUT2D eigenvalue weighted by atomic mass is 9.93. The number of halogens is 3. The van der Waals surface area contributed by atoms with Crippen LogP contribution < -0.4 is 5.32 Å². The molecule has 3 heterocycles. The highest BCUT2D eigenvalue weighted by Gasteiger charge is 2.36. The predicted octanol–water partition coefficient (Wildman–Crippen LogP) is 6.62. The van der Waals surface area contributed by atoms with Gasteiger partial charge in [0.25, 0.3) is 0 Å². The Morgan fingerprint density at radius 2 is 1.62 bits per heavy atom. The number of hydrogen-bond donors (Lipinski definition) is 2. The molecule has 4 aromatic rings. The van der Waals surface area contributed by atoms with Crippen molar-refractivity contribution in [1.29, 1.82) is 0 Å². The number of likely N-dealkylation sites (tertiary alicyclic amines) is 1. The van der Waals surface area contributed by atoms with Crippen molar-refractivity contribution in [2.45, 2.75) is 44.1 Å². The Balaban J connectivity index is 1.26. The van der Waals surface area contributed by atoms with E-state index in [2.05, 4.69) is 20.2 Å². The highest BCUT2D eigenvalue weighted by Crippen LogP contribution is 2.36. The first-order valence-electron chi connectivity index (χ1n) is 13.5. The largest absolute Gasteiger partial charge is 0.416 e. The molecule has 40 heavy (non-hydrogen) atoms. The fraction of sp³-hybridized carbons (Fsp3) is 0.290. The molecular formula is C31H30F3N5O. The quantitative estimate of drug-likeness (QED) is 0.286. The lowest BCUT2D eigenvalue weighted by Crippen LogP contribution is -2.50. The minimum Gasteiger partial charge on any atom is -0.348 e. The molecule has 3 aromatic carbocycles. The van der Waals surface area contributed by atoms with E-state index in [1.54, 1.807) is 18.5 Å². The number of imidazole rings is 1. The molecule has 6 rings (SSSR count). The Morgan fingerprint density at radius 1 is 0.925 bits per heavy atom. The molecule has 206 valence electrons. The van der Waals surface area contributed by atoms with E-state index in [0.717, 1.165) is 58.7 Å². The van der Waals surface area contributed by atoms with Gasteiger partial charge in [-0.2, -0.15) is 13.2 Å². The number of H-pyrrole nitrogens is 1. The van der Waals surface area contributed by atoms with E-state index in [0.29, 0.717) is 26.1 Å². The second-order valence-corrected chi connectivity index (χ2v) is 10.4. The first-order chi connectivity index (χ1) is 19.4. The third kappa shape index (κ3) is 5.34. The van der Waals surface area contributed by atoms with E-state index >= 15 is 0 Å². The molecule has 1 atom stereocenters. The lowest BCUT2D eigenvalue weighted by Gasteiger charge is -2.42. The van der Waals surface area contributed by atoms with Crippen LogP contribution in [0.15, 0.2) is 85.2 Å². The summed E-state index contributed by atoms with van der Waals surface area (Å²) in [6, 6.07) is 23.0. The van der Waals surface area contributed by atoms with E-state index in [-0.39, 0.29) is 18.1 Å². The van der Waals surface area contributed by atoms with Gasteiger partial charge < -0.3 is 15.2 Å². The standard InChI is InChI=1S/C31H30F3N5O/c32-31(33,34)24-12-10-22(11-13-24)29(28-27(35-20-36-28)18-21-6-2-1-3-7-21)38-16-14-25(15-17-38)39-19-23-8-4-5-9-26(23)37-30(39)40/h1-13,20,25,29H,14-19H2,(H,35,36)(H,37,40). The molecule has 1 saturated heterocycles. The Hall–Kier alpha value is -4.11. The molecule has 0 saturated carbocycles. The van der Waals surface area contributed by atoms with Crippen LogP contribution in [0.5, 0.6) is 0 Å². The van der Waals surface area contributed by atoms with Crippen LogP contribution in [0.3, 0.4) is 0 Å². The molecule has 0 bridgehead atoms. The molecule has 6 nitrogen and oxygen atoms in total. The smallest absolute Gasteiger partial charge is 0.348 e. The number of nitrogens with zero attached hydrogens (tertiary/aromatic N) is 3. The van der Waals surface area contributed by atoms with Crippen molar-refractivity contribution in [3.05, 3.63) is 119 Å². The number of aromatic nitrogens is 2. The third-order valence-corrected chi connectivity index (χ3v) is 7.95. The number of carbonyl (C=O) groups is 1. The Bertz CT molecular complexity index is 1460. The van der Waals surface area contributed by atoms with Gasteiger partial charge in [-0.05, 0) is 47.7 Å². The normalized spacial score (nSPS) is 17.4. The molecule has 9 heteroatoms. The summed E-state index contributed by atoms with van der Waals surface area (Å²) in [6.45, 7) is 1.93. The minimum atomic E-state index is -4.40. The maximum Gasteiger partial charge on any atom is 0.416 e. The zero-order valence-corrected chi connectivity index (χ0v) is 21.9. The average Bonchev–Trinajstić information content (AvgIpc) is 3.41. The number of benzene rings is 3. The SMILES string of the molecule is O=C1Nc2ccccc2CN1C1CCN(C(c2ccc(C(F)(F)F)cc2)c2nc[nH]c2Cc2ccccc2)CC1. The highest BCUT2D eigenvalue weighted by atomic mass is 19.4. The summed E-state index contributed by atoms with van der Waals surface area (Å²) in [5.74, 6) is 0. The van der Waals surface area contributed by atoms with Gasteiger partial charge in [-0.3, -0.25) is 4.90 Å². The summed E-state index contributed by atoms with van der Waals surface area (Å²) in [6.07, 6.45) is -0.592. The van der Waals surface area contributed by atoms with Gasteiger partial charge in [-0.1, -0.05) is 60.7 Å². The third-order valence-electron chi connectivity index (χ3n) is 7.95. The monoisotopic (exact) mass is 545 g/mol. The summed E-state index contributed by atoms with van der Waals surface area (Å²) in [4.78, 5) is 25.1. The average molecular weight is 546 g/mol. The van der Waals surface area contributed by atoms with Crippen LogP contribution >= 0.6 is 0 Å². The number of urea groups is 1. The van der Waals surface area contributed by atoms with E-state index in [9.17, 15) is 18.0 Å². The molecule has 2 amide bonds. The van der Waals surface area contributed by atoms with Crippen LogP contribution in [0.1, 0.15) is 52.5 Å². The van der Waals surface area contributed by atoms with Crippen LogP contribution in [0.4, 0.5) is 23.7 Å². The van der Waals surface area contributed by atoms with Crippen LogP contribution in [0, 0.1) is 0 Å². The molecule has 2 N–H and O–H groups in total. The summed E-state index contributed by atoms with van der Waals surface area (Å²) >= 11 is 0. The van der Waals surface area contributed by atoms with Crippen LogP contribution in [-0.2, 0) is 19.1 Å². The van der Waals surface area contributed by atoms with Gasteiger partial charge in [0, 0.05) is 43.5 Å². The number of piperidine rings is 1. The molecule has 0 spiro atoms. The van der Waals surface area contributed by atoms with Gasteiger partial charge in [-0.25, -0.2) is 9.78 Å². The Labute approximate surface area is 230 Å². The van der Waals surface area contributed by atoms with Crippen molar-refractivity contribution in [3.63, 3.8) is 0 Å². The molecule has 2 aliphatic rings. The molecule has 1 aromatic heterocycles.